The molecule has 2 heterocycles. The minimum Gasteiger partial charge on any atom is -0.392 e. The molecule has 3 rings (SSSR count). The van der Waals surface area contributed by atoms with Crippen molar-refractivity contribution >= 4 is 0 Å². The summed E-state index contributed by atoms with van der Waals surface area (Å²) in [6.07, 6.45) is 6.39. The second-order valence-electron chi connectivity index (χ2n) is 5.90. The first-order chi connectivity index (χ1) is 9.78. The lowest BCUT2D eigenvalue weighted by Gasteiger charge is -2.26. The molecule has 0 aromatic carbocycles. The highest BCUT2D eigenvalue weighted by atomic mass is 16.5. The highest BCUT2D eigenvalue weighted by Gasteiger charge is 2.32. The van der Waals surface area contributed by atoms with Crippen molar-refractivity contribution < 1.29 is 14.4 Å². The topological polar surface area (TPSA) is 80.4 Å². The zero-order valence-corrected chi connectivity index (χ0v) is 11.9. The predicted octanol–water partition coefficient (Wildman–Crippen LogP) is 1.73. The molecule has 3 unspecified atom stereocenters. The molecule has 112 valence electrons. The number of hydrogen-bond donors (Lipinski definition) is 2. The molecule has 2 N–H and O–H groups in total. The molecule has 1 aliphatic heterocycles. The second kappa shape index (κ2) is 6.20. The van der Waals surface area contributed by atoms with E-state index in [1.54, 1.807) is 7.11 Å². The maximum absolute atomic E-state index is 9.55. The van der Waals surface area contributed by atoms with Gasteiger partial charge in [-0.15, -0.1) is 0 Å². The average molecular weight is 281 g/mol. The number of methoxy groups -OCH3 is 1. The lowest BCUT2D eigenvalue weighted by molar-refractivity contribution is 0.0273. The molecule has 0 amide bonds. The third kappa shape index (κ3) is 2.87. The number of aliphatic hydroxyl groups excluding tert-OH is 1. The Kier molecular flexibility index (Phi) is 4.33. The second-order valence-corrected chi connectivity index (χ2v) is 5.90. The smallest absolute Gasteiger partial charge is 0.243 e. The van der Waals surface area contributed by atoms with Gasteiger partial charge in [-0.1, -0.05) is 24.4 Å². The molecule has 1 saturated carbocycles. The van der Waals surface area contributed by atoms with Crippen molar-refractivity contribution in [1.82, 2.24) is 15.5 Å². The fourth-order valence-corrected chi connectivity index (χ4v) is 3.36. The minimum atomic E-state index is -0.327. The lowest BCUT2D eigenvalue weighted by Crippen LogP contribution is -2.19. The standard InChI is InChI=1S/C14H23N3O3/c1-19-12(9-5-3-2-4-6-9)13-16-14(20-17-13)11-7-10(18)8-15-11/h9-12,15,18H,2-8H2,1H3. The van der Waals surface area contributed by atoms with Crippen LogP contribution in [0.5, 0.6) is 0 Å². The van der Waals surface area contributed by atoms with Crippen LogP contribution in [0, 0.1) is 5.92 Å². The number of nitrogens with zero attached hydrogens (tertiary/aromatic N) is 2. The molecular formula is C14H23N3O3. The Morgan fingerprint density at radius 2 is 2.15 bits per heavy atom. The average Bonchev–Trinajstić information content (AvgIpc) is 3.10. The Morgan fingerprint density at radius 1 is 1.35 bits per heavy atom. The Balaban J connectivity index is 1.70. The Morgan fingerprint density at radius 3 is 2.80 bits per heavy atom. The van der Waals surface area contributed by atoms with Gasteiger partial charge < -0.3 is 19.7 Å². The summed E-state index contributed by atoms with van der Waals surface area (Å²) in [6, 6.07) is -0.0323. The third-order valence-corrected chi connectivity index (χ3v) is 4.45. The molecule has 2 aliphatic rings. The molecule has 1 saturated heterocycles. The van der Waals surface area contributed by atoms with Gasteiger partial charge in [0.2, 0.25) is 11.7 Å². The van der Waals surface area contributed by atoms with Crippen LogP contribution in [0.2, 0.25) is 0 Å². The summed E-state index contributed by atoms with van der Waals surface area (Å²) in [7, 11) is 1.72. The lowest BCUT2D eigenvalue weighted by atomic mass is 9.85. The van der Waals surface area contributed by atoms with Gasteiger partial charge in [0.25, 0.3) is 0 Å². The molecular weight excluding hydrogens is 258 g/mol. The van der Waals surface area contributed by atoms with Crippen molar-refractivity contribution in [2.45, 2.75) is 56.8 Å². The van der Waals surface area contributed by atoms with Crippen LogP contribution in [0.3, 0.4) is 0 Å². The van der Waals surface area contributed by atoms with Gasteiger partial charge in [-0.3, -0.25) is 0 Å². The molecule has 1 aliphatic carbocycles. The molecule has 0 radical (unpaired) electrons. The van der Waals surface area contributed by atoms with Crippen LogP contribution in [0.4, 0.5) is 0 Å². The van der Waals surface area contributed by atoms with E-state index in [9.17, 15) is 5.11 Å². The van der Waals surface area contributed by atoms with Gasteiger partial charge in [-0.2, -0.15) is 4.98 Å². The minimum absolute atomic E-state index is 0.0323. The summed E-state index contributed by atoms with van der Waals surface area (Å²) >= 11 is 0. The number of nitrogens with one attached hydrogen (secondary N) is 1. The van der Waals surface area contributed by atoms with E-state index in [1.165, 1.54) is 32.1 Å². The number of ether oxygens (including phenoxy) is 1. The fourth-order valence-electron chi connectivity index (χ4n) is 3.36. The number of β-amino-alcohol motifs (C(OH)–C–C–N with tert-alkyl or cyclic N) is 1. The first-order valence-corrected chi connectivity index (χ1v) is 7.55. The predicted molar refractivity (Wildman–Crippen MR) is 72.0 cm³/mol. The summed E-state index contributed by atoms with van der Waals surface area (Å²) in [5.74, 6) is 1.70. The third-order valence-electron chi connectivity index (χ3n) is 4.45. The molecule has 20 heavy (non-hydrogen) atoms. The van der Waals surface area contributed by atoms with Crippen molar-refractivity contribution in [3.8, 4) is 0 Å². The Labute approximate surface area is 118 Å². The van der Waals surface area contributed by atoms with Crippen molar-refractivity contribution in [1.29, 1.82) is 0 Å². The van der Waals surface area contributed by atoms with Gasteiger partial charge in [0.15, 0.2) is 0 Å². The van der Waals surface area contributed by atoms with Crippen LogP contribution in [0.1, 0.15) is 62.4 Å². The SMILES string of the molecule is COC(c1noc(C2CC(O)CN2)n1)C1CCCCC1. The monoisotopic (exact) mass is 281 g/mol. The van der Waals surface area contributed by atoms with Crippen LogP contribution < -0.4 is 5.32 Å². The van der Waals surface area contributed by atoms with Gasteiger partial charge in [-0.05, 0) is 25.2 Å². The quantitative estimate of drug-likeness (QED) is 0.875. The summed E-state index contributed by atoms with van der Waals surface area (Å²) in [5.41, 5.74) is 0. The molecule has 1 aromatic rings. The van der Waals surface area contributed by atoms with E-state index in [2.05, 4.69) is 15.5 Å². The first-order valence-electron chi connectivity index (χ1n) is 7.55. The van der Waals surface area contributed by atoms with Crippen molar-refractivity contribution in [2.75, 3.05) is 13.7 Å². The Bertz CT molecular complexity index is 431. The van der Waals surface area contributed by atoms with Crippen molar-refractivity contribution in [2.24, 2.45) is 5.92 Å². The molecule has 0 bridgehead atoms. The zero-order chi connectivity index (χ0) is 13.9. The summed E-state index contributed by atoms with van der Waals surface area (Å²) in [4.78, 5) is 4.50. The number of aromatic nitrogens is 2. The van der Waals surface area contributed by atoms with Gasteiger partial charge in [-0.25, -0.2) is 0 Å². The van der Waals surface area contributed by atoms with E-state index in [4.69, 9.17) is 9.26 Å². The van der Waals surface area contributed by atoms with E-state index in [1.807, 2.05) is 0 Å². The zero-order valence-electron chi connectivity index (χ0n) is 11.9. The maximum Gasteiger partial charge on any atom is 0.243 e. The summed E-state index contributed by atoms with van der Waals surface area (Å²) in [5, 5.41) is 16.8. The van der Waals surface area contributed by atoms with E-state index in [0.717, 1.165) is 0 Å². The number of aliphatic hydroxyl groups is 1. The molecule has 6 nitrogen and oxygen atoms in total. The van der Waals surface area contributed by atoms with E-state index < -0.39 is 0 Å². The first kappa shape index (κ1) is 14.0. The number of rotatable bonds is 4. The van der Waals surface area contributed by atoms with E-state index in [-0.39, 0.29) is 18.2 Å². The summed E-state index contributed by atoms with van der Waals surface area (Å²) in [6.45, 7) is 0.582. The van der Waals surface area contributed by atoms with Gasteiger partial charge >= 0.3 is 0 Å². The van der Waals surface area contributed by atoms with Crippen molar-refractivity contribution in [3.63, 3.8) is 0 Å². The molecule has 3 atom stereocenters. The molecule has 1 aromatic heterocycles. The van der Waals surface area contributed by atoms with Crippen molar-refractivity contribution in [3.05, 3.63) is 11.7 Å². The molecule has 6 heteroatoms. The fraction of sp³-hybridized carbons (Fsp3) is 0.857. The van der Waals surface area contributed by atoms with E-state index in [0.29, 0.717) is 30.6 Å². The van der Waals surface area contributed by atoms with Gasteiger partial charge in [0, 0.05) is 13.7 Å². The largest absolute Gasteiger partial charge is 0.392 e. The highest BCUT2D eigenvalue weighted by Crippen LogP contribution is 2.35. The van der Waals surface area contributed by atoms with Crippen LogP contribution in [0.25, 0.3) is 0 Å². The van der Waals surface area contributed by atoms with Gasteiger partial charge in [0.05, 0.1) is 12.1 Å². The van der Waals surface area contributed by atoms with Crippen LogP contribution in [0.15, 0.2) is 4.52 Å². The Hall–Kier alpha value is -0.980. The maximum atomic E-state index is 9.55. The summed E-state index contributed by atoms with van der Waals surface area (Å²) < 4.78 is 11.0. The highest BCUT2D eigenvalue weighted by molar-refractivity contribution is 5.00. The van der Waals surface area contributed by atoms with E-state index >= 15 is 0 Å². The van der Waals surface area contributed by atoms with Crippen LogP contribution in [-0.2, 0) is 4.74 Å². The normalized spacial score (nSPS) is 29.7. The molecule has 2 fully saturated rings. The molecule has 0 spiro atoms. The van der Waals surface area contributed by atoms with Crippen LogP contribution >= 0.6 is 0 Å². The number of hydrogen-bond acceptors (Lipinski definition) is 6. The van der Waals surface area contributed by atoms with Gasteiger partial charge in [0.1, 0.15) is 6.10 Å². The van der Waals surface area contributed by atoms with Crippen LogP contribution in [-0.4, -0.2) is 35.0 Å².